The number of carbonyl (C=O) groups excluding carboxylic acids is 3. The predicted molar refractivity (Wildman–Crippen MR) is 134 cm³/mol. The van der Waals surface area contributed by atoms with Gasteiger partial charge in [0, 0.05) is 23.9 Å². The summed E-state index contributed by atoms with van der Waals surface area (Å²) in [6.07, 6.45) is 7.32. The highest BCUT2D eigenvalue weighted by molar-refractivity contribution is 7.15. The third-order valence-electron chi connectivity index (χ3n) is 5.29. The summed E-state index contributed by atoms with van der Waals surface area (Å²) >= 11 is 1.32. The molecule has 7 nitrogen and oxygen atoms in total. The van der Waals surface area contributed by atoms with Crippen LogP contribution in [0.3, 0.4) is 0 Å². The van der Waals surface area contributed by atoms with Gasteiger partial charge in [0.05, 0.1) is 12.8 Å². The summed E-state index contributed by atoms with van der Waals surface area (Å²) in [6, 6.07) is 11.0. The summed E-state index contributed by atoms with van der Waals surface area (Å²) in [5, 5.41) is 3.30. The number of allylic oxidation sites excluding steroid dienone is 5. The summed E-state index contributed by atoms with van der Waals surface area (Å²) in [6.45, 7) is 5.95. The van der Waals surface area contributed by atoms with Crippen molar-refractivity contribution in [2.75, 3.05) is 19.0 Å². The molecule has 1 aromatic carbocycles. The number of nitrogens with one attached hydrogen (secondary N) is 1. The van der Waals surface area contributed by atoms with E-state index in [1.54, 1.807) is 6.08 Å². The van der Waals surface area contributed by atoms with Crippen molar-refractivity contribution in [1.82, 2.24) is 4.90 Å². The van der Waals surface area contributed by atoms with Crippen molar-refractivity contribution in [2.24, 2.45) is 0 Å². The first-order valence-electron chi connectivity index (χ1n) is 10.9. The van der Waals surface area contributed by atoms with Gasteiger partial charge in [-0.25, -0.2) is 14.5 Å². The molecule has 3 rings (SSSR count). The van der Waals surface area contributed by atoms with Crippen LogP contribution in [-0.2, 0) is 20.9 Å². The van der Waals surface area contributed by atoms with Gasteiger partial charge in [-0.1, -0.05) is 61.2 Å². The van der Waals surface area contributed by atoms with Crippen molar-refractivity contribution in [3.05, 3.63) is 82.6 Å². The molecule has 178 valence electrons. The number of methoxy groups -OCH3 is 1. The third kappa shape index (κ3) is 6.45. The Morgan fingerprint density at radius 3 is 2.71 bits per heavy atom. The second-order valence-corrected chi connectivity index (χ2v) is 8.79. The van der Waals surface area contributed by atoms with Crippen molar-refractivity contribution in [1.29, 1.82) is 0 Å². The number of thiophene rings is 1. The van der Waals surface area contributed by atoms with Gasteiger partial charge in [0.1, 0.15) is 11.5 Å². The molecule has 0 radical (unpaired) electrons. The fourth-order valence-corrected chi connectivity index (χ4v) is 4.48. The quantitative estimate of drug-likeness (QED) is 0.401. The number of benzene rings is 1. The lowest BCUT2D eigenvalue weighted by Crippen LogP contribution is -2.46. The molecule has 2 heterocycles. The molecular formula is C26H28N2O5S. The monoisotopic (exact) mass is 480 g/mol. The summed E-state index contributed by atoms with van der Waals surface area (Å²) in [4.78, 5) is 39.9. The van der Waals surface area contributed by atoms with Crippen LogP contribution in [0.4, 0.5) is 10.5 Å². The van der Waals surface area contributed by atoms with Gasteiger partial charge >= 0.3 is 12.1 Å². The number of likely N-dealkylation sites (tertiary alicyclic amines) is 1. The Morgan fingerprint density at radius 2 is 2.03 bits per heavy atom. The Balaban J connectivity index is 1.65. The van der Waals surface area contributed by atoms with Gasteiger partial charge in [-0.15, -0.1) is 11.3 Å². The zero-order chi connectivity index (χ0) is 24.5. The van der Waals surface area contributed by atoms with E-state index < -0.39 is 12.1 Å². The molecule has 1 aromatic heterocycles. The third-order valence-corrected chi connectivity index (χ3v) is 6.54. The van der Waals surface area contributed by atoms with Gasteiger partial charge in [0.15, 0.2) is 0 Å². The fourth-order valence-electron chi connectivity index (χ4n) is 3.46. The van der Waals surface area contributed by atoms with E-state index in [1.165, 1.54) is 18.4 Å². The maximum absolute atomic E-state index is 12.7. The fraction of sp³-hybridized carbons (Fsp3) is 0.269. The van der Waals surface area contributed by atoms with E-state index in [0.717, 1.165) is 20.9 Å². The second-order valence-electron chi connectivity index (χ2n) is 7.73. The number of piperidine rings is 1. The van der Waals surface area contributed by atoms with Crippen molar-refractivity contribution < 1.29 is 23.9 Å². The minimum Gasteiger partial charge on any atom is -0.465 e. The van der Waals surface area contributed by atoms with Crippen LogP contribution >= 0.6 is 11.3 Å². The largest absolute Gasteiger partial charge is 0.465 e. The lowest BCUT2D eigenvalue weighted by molar-refractivity contribution is -0.131. The van der Waals surface area contributed by atoms with Crippen LogP contribution in [0, 0.1) is 0 Å². The first-order chi connectivity index (χ1) is 16.4. The van der Waals surface area contributed by atoms with Crippen molar-refractivity contribution in [2.45, 2.75) is 32.4 Å². The zero-order valence-corrected chi connectivity index (χ0v) is 20.1. The van der Waals surface area contributed by atoms with E-state index in [9.17, 15) is 14.4 Å². The second kappa shape index (κ2) is 12.0. The van der Waals surface area contributed by atoms with E-state index in [0.29, 0.717) is 17.0 Å². The molecule has 2 amide bonds. The molecule has 1 N–H and O–H groups in total. The van der Waals surface area contributed by atoms with Gasteiger partial charge in [0.2, 0.25) is 5.91 Å². The average molecular weight is 481 g/mol. The van der Waals surface area contributed by atoms with Crippen molar-refractivity contribution in [3.63, 3.8) is 0 Å². The van der Waals surface area contributed by atoms with E-state index in [-0.39, 0.29) is 31.5 Å². The molecule has 0 aliphatic carbocycles. The molecule has 1 fully saturated rings. The van der Waals surface area contributed by atoms with Gasteiger partial charge < -0.3 is 14.8 Å². The Morgan fingerprint density at radius 1 is 1.26 bits per heavy atom. The molecule has 0 bridgehead atoms. The number of nitrogens with zero attached hydrogens (tertiary/aromatic N) is 1. The van der Waals surface area contributed by atoms with Crippen molar-refractivity contribution >= 4 is 40.6 Å². The van der Waals surface area contributed by atoms with E-state index in [1.807, 2.05) is 61.5 Å². The standard InChI is InChI=1S/C26H28N2O5S/c1-4-5-7-10-18(2)22-16-21(24(34-22)25(30)32-3)27-20-13-14-28(23(29)15-20)26(31)33-17-19-11-8-6-9-12-19/h4-12,16,20,27H,1,13-15,17H2,2-3H3. The van der Waals surface area contributed by atoms with Gasteiger partial charge in [-0.2, -0.15) is 0 Å². The lowest BCUT2D eigenvalue weighted by atomic mass is 10.0. The number of ether oxygens (including phenoxy) is 2. The summed E-state index contributed by atoms with van der Waals surface area (Å²) < 4.78 is 10.2. The number of esters is 1. The maximum Gasteiger partial charge on any atom is 0.416 e. The molecule has 2 aromatic rings. The number of amides is 2. The summed E-state index contributed by atoms with van der Waals surface area (Å²) in [5.41, 5.74) is 2.45. The number of rotatable bonds is 8. The average Bonchev–Trinajstić information content (AvgIpc) is 3.26. The Kier molecular flexibility index (Phi) is 8.81. The summed E-state index contributed by atoms with van der Waals surface area (Å²) in [5.74, 6) is -0.760. The molecule has 1 atom stereocenters. The minimum atomic E-state index is -0.645. The van der Waals surface area contributed by atoms with Crippen LogP contribution < -0.4 is 5.32 Å². The Labute approximate surface area is 203 Å². The smallest absolute Gasteiger partial charge is 0.416 e. The number of hydrogen-bond donors (Lipinski definition) is 1. The Bertz CT molecular complexity index is 1100. The van der Waals surface area contributed by atoms with Gasteiger partial charge in [-0.05, 0) is 30.5 Å². The zero-order valence-electron chi connectivity index (χ0n) is 19.3. The van der Waals surface area contributed by atoms with Crippen LogP contribution in [0.25, 0.3) is 5.57 Å². The lowest BCUT2D eigenvalue weighted by Gasteiger charge is -2.30. The topological polar surface area (TPSA) is 84.9 Å². The highest BCUT2D eigenvalue weighted by Gasteiger charge is 2.32. The van der Waals surface area contributed by atoms with Gasteiger partial charge in [0.25, 0.3) is 0 Å². The van der Waals surface area contributed by atoms with Gasteiger partial charge in [-0.3, -0.25) is 4.79 Å². The highest BCUT2D eigenvalue weighted by Crippen LogP contribution is 2.34. The molecule has 34 heavy (non-hydrogen) atoms. The number of hydrogen-bond acceptors (Lipinski definition) is 7. The van der Waals surface area contributed by atoms with Crippen LogP contribution in [0.1, 0.15) is 39.9 Å². The molecular weight excluding hydrogens is 452 g/mol. The maximum atomic E-state index is 12.7. The predicted octanol–water partition coefficient (Wildman–Crippen LogP) is 5.42. The molecule has 1 aliphatic rings. The van der Waals surface area contributed by atoms with E-state index in [2.05, 4.69) is 11.9 Å². The number of anilines is 1. The molecule has 0 saturated carbocycles. The van der Waals surface area contributed by atoms with Crippen LogP contribution in [0.5, 0.6) is 0 Å². The molecule has 1 unspecified atom stereocenters. The SMILES string of the molecule is C=CC=CC=C(C)c1cc(NC2CCN(C(=O)OCc3ccccc3)C(=O)C2)c(C(=O)OC)s1. The normalized spacial score (nSPS) is 16.4. The number of carbonyl (C=O) groups is 3. The minimum absolute atomic E-state index is 0.111. The molecule has 1 aliphatic heterocycles. The molecule has 0 spiro atoms. The first-order valence-corrected chi connectivity index (χ1v) is 11.7. The van der Waals surface area contributed by atoms with Crippen molar-refractivity contribution in [3.8, 4) is 0 Å². The first kappa shape index (κ1) is 25.0. The van der Waals surface area contributed by atoms with Crippen LogP contribution in [-0.4, -0.2) is 42.6 Å². The Hall–Kier alpha value is -3.65. The molecule has 8 heteroatoms. The van der Waals surface area contributed by atoms with Crippen LogP contribution in [0.2, 0.25) is 0 Å². The number of imide groups is 1. The van der Waals surface area contributed by atoms with Crippen LogP contribution in [0.15, 0.2) is 67.3 Å². The molecule has 1 saturated heterocycles. The highest BCUT2D eigenvalue weighted by atomic mass is 32.1. The summed E-state index contributed by atoms with van der Waals surface area (Å²) in [7, 11) is 1.34. The van der Waals surface area contributed by atoms with E-state index in [4.69, 9.17) is 9.47 Å². The van der Waals surface area contributed by atoms with E-state index >= 15 is 0 Å².